The lowest BCUT2D eigenvalue weighted by Gasteiger charge is -2.30. The fraction of sp³-hybridized carbons (Fsp3) is 0.286. The monoisotopic (exact) mass is 604 g/mol. The Morgan fingerprint density at radius 1 is 1.05 bits per heavy atom. The molecule has 37 heavy (non-hydrogen) atoms. The lowest BCUT2D eigenvalue weighted by molar-refractivity contribution is -0.348. The number of thiophene rings is 1. The predicted octanol–water partition coefficient (Wildman–Crippen LogP) is 7.64. The van der Waals surface area contributed by atoms with Crippen LogP contribution in [0.4, 0.5) is 30.7 Å². The summed E-state index contributed by atoms with van der Waals surface area (Å²) in [6, 6.07) is 3.80. The molecule has 0 saturated heterocycles. The third-order valence-corrected chi connectivity index (χ3v) is 7.52. The highest BCUT2D eigenvalue weighted by Crippen LogP contribution is 2.54. The van der Waals surface area contributed by atoms with Crippen molar-refractivity contribution in [1.29, 1.82) is 5.26 Å². The molecule has 0 radical (unpaired) electrons. The summed E-state index contributed by atoms with van der Waals surface area (Å²) in [5.74, 6) is -0.565. The van der Waals surface area contributed by atoms with Crippen molar-refractivity contribution >= 4 is 52.0 Å². The summed E-state index contributed by atoms with van der Waals surface area (Å²) >= 11 is 19.0. The van der Waals surface area contributed by atoms with Gasteiger partial charge in [-0.25, -0.2) is 9.07 Å². The molecule has 0 bridgehead atoms. The van der Waals surface area contributed by atoms with Crippen LogP contribution in [0.25, 0.3) is 16.1 Å². The summed E-state index contributed by atoms with van der Waals surface area (Å²) in [6.07, 6.45) is -9.13. The van der Waals surface area contributed by atoms with Gasteiger partial charge in [-0.15, -0.1) is 11.3 Å². The molecule has 1 N–H and O–H groups in total. The molecule has 196 valence electrons. The Morgan fingerprint density at radius 3 is 2.11 bits per heavy atom. The SMILES string of the molecule is N#CC1(NC(=O)c2cc(-c3cnn(-c4c(Cl)cc(C(F)(C(F)(F)F)C(F)(F)F)cc4Cl)c3)sc2Cl)CC1. The molecule has 2 heterocycles. The number of benzene rings is 1. The standard InChI is InChI=1S/C21H10Cl3F7N4OS/c22-12-3-10(19(25,20(26,27)28)21(29,30)31)4-13(23)15(12)35-7-9(6-33-35)14-5-11(16(24)37-14)17(36)34-18(8-32)1-2-18/h3-7H,1-2H2,(H,34,36). The van der Waals surface area contributed by atoms with Gasteiger partial charge in [-0.3, -0.25) is 4.79 Å². The highest BCUT2D eigenvalue weighted by molar-refractivity contribution is 7.19. The van der Waals surface area contributed by atoms with Crippen LogP contribution in [0, 0.1) is 11.3 Å². The number of carbonyl (C=O) groups is 1. The van der Waals surface area contributed by atoms with Crippen molar-refractivity contribution in [2.45, 2.75) is 36.4 Å². The van der Waals surface area contributed by atoms with Gasteiger partial charge in [0.05, 0.1) is 27.9 Å². The zero-order chi connectivity index (χ0) is 27.6. The van der Waals surface area contributed by atoms with Crippen LogP contribution in [0.1, 0.15) is 28.8 Å². The van der Waals surface area contributed by atoms with E-state index in [1.54, 1.807) is 0 Å². The van der Waals surface area contributed by atoms with E-state index < -0.39 is 45.1 Å². The van der Waals surface area contributed by atoms with E-state index in [2.05, 4.69) is 10.4 Å². The smallest absolute Gasteiger partial charge is 0.334 e. The van der Waals surface area contributed by atoms with E-state index in [0.717, 1.165) is 16.0 Å². The minimum Gasteiger partial charge on any atom is -0.334 e. The maximum absolute atomic E-state index is 14.4. The third kappa shape index (κ3) is 4.76. The number of halogens is 10. The Labute approximate surface area is 222 Å². The number of hydrogen-bond acceptors (Lipinski definition) is 4. The Balaban J connectivity index is 1.68. The summed E-state index contributed by atoms with van der Waals surface area (Å²) in [4.78, 5) is 12.9. The number of carbonyl (C=O) groups excluding carboxylic acids is 1. The van der Waals surface area contributed by atoms with Crippen molar-refractivity contribution in [3.8, 4) is 22.2 Å². The van der Waals surface area contributed by atoms with E-state index in [0.29, 0.717) is 23.3 Å². The first-order valence-electron chi connectivity index (χ1n) is 9.93. The zero-order valence-electron chi connectivity index (χ0n) is 17.7. The second kappa shape index (κ2) is 9.04. The molecule has 5 nitrogen and oxygen atoms in total. The van der Waals surface area contributed by atoms with Crippen LogP contribution in [-0.2, 0) is 5.67 Å². The zero-order valence-corrected chi connectivity index (χ0v) is 20.8. The molecule has 1 saturated carbocycles. The van der Waals surface area contributed by atoms with Crippen LogP contribution in [-0.4, -0.2) is 33.6 Å². The minimum atomic E-state index is -6.34. The first kappa shape index (κ1) is 27.5. The molecule has 16 heteroatoms. The fourth-order valence-electron chi connectivity index (χ4n) is 3.38. The van der Waals surface area contributed by atoms with Crippen LogP contribution >= 0.6 is 46.1 Å². The summed E-state index contributed by atoms with van der Waals surface area (Å²) in [6.45, 7) is 0. The molecule has 0 unspecified atom stereocenters. The molecule has 1 aliphatic rings. The van der Waals surface area contributed by atoms with E-state index in [9.17, 15) is 35.5 Å². The largest absolute Gasteiger partial charge is 0.435 e. The number of nitrogens with one attached hydrogen (secondary N) is 1. The van der Waals surface area contributed by atoms with Gasteiger partial charge in [-0.05, 0) is 31.0 Å². The number of aromatic nitrogens is 2. The predicted molar refractivity (Wildman–Crippen MR) is 122 cm³/mol. The molecular formula is C21H10Cl3F7N4OS. The highest BCUT2D eigenvalue weighted by atomic mass is 35.5. The van der Waals surface area contributed by atoms with Crippen LogP contribution in [0.3, 0.4) is 0 Å². The molecule has 4 rings (SSSR count). The lowest BCUT2D eigenvalue weighted by Crippen LogP contribution is -2.50. The van der Waals surface area contributed by atoms with E-state index in [1.165, 1.54) is 18.5 Å². The van der Waals surface area contributed by atoms with Gasteiger partial charge in [0.15, 0.2) is 0 Å². The van der Waals surface area contributed by atoms with Gasteiger partial charge < -0.3 is 5.32 Å². The van der Waals surface area contributed by atoms with Gasteiger partial charge in [-0.1, -0.05) is 34.8 Å². The van der Waals surface area contributed by atoms with Crippen LogP contribution in [0.5, 0.6) is 0 Å². The number of nitrogens with zero attached hydrogens (tertiary/aromatic N) is 3. The first-order valence-corrected chi connectivity index (χ1v) is 11.9. The molecule has 1 aromatic carbocycles. The average Bonchev–Trinajstić information content (AvgIpc) is 3.19. The number of alkyl halides is 7. The van der Waals surface area contributed by atoms with Crippen molar-refractivity contribution < 1.29 is 35.5 Å². The Morgan fingerprint density at radius 2 is 1.62 bits per heavy atom. The van der Waals surface area contributed by atoms with Crippen molar-refractivity contribution in [2.75, 3.05) is 0 Å². The molecule has 0 aliphatic heterocycles. The molecule has 3 aromatic rings. The van der Waals surface area contributed by atoms with E-state index in [-0.39, 0.29) is 27.7 Å². The average molecular weight is 606 g/mol. The molecule has 1 fully saturated rings. The lowest BCUT2D eigenvalue weighted by atomic mass is 9.94. The molecular weight excluding hydrogens is 596 g/mol. The Bertz CT molecular complexity index is 1400. The number of nitriles is 1. The minimum absolute atomic E-state index is 0.0925. The van der Waals surface area contributed by atoms with Crippen molar-refractivity contribution in [3.05, 3.63) is 56.1 Å². The van der Waals surface area contributed by atoms with Gasteiger partial charge >= 0.3 is 18.0 Å². The van der Waals surface area contributed by atoms with Gasteiger partial charge in [-0.2, -0.15) is 36.7 Å². The maximum atomic E-state index is 14.4. The van der Waals surface area contributed by atoms with E-state index in [4.69, 9.17) is 40.1 Å². The van der Waals surface area contributed by atoms with Crippen molar-refractivity contribution in [1.82, 2.24) is 15.1 Å². The van der Waals surface area contributed by atoms with Crippen molar-refractivity contribution in [2.24, 2.45) is 0 Å². The number of amides is 1. The number of rotatable bonds is 5. The summed E-state index contributed by atoms with van der Waals surface area (Å²) in [7, 11) is 0. The molecule has 1 amide bonds. The molecule has 0 spiro atoms. The molecule has 2 aromatic heterocycles. The van der Waals surface area contributed by atoms with Crippen LogP contribution in [0.15, 0.2) is 30.6 Å². The van der Waals surface area contributed by atoms with Crippen molar-refractivity contribution in [3.63, 3.8) is 0 Å². The Kier molecular flexibility index (Phi) is 6.72. The van der Waals surface area contributed by atoms with Crippen LogP contribution < -0.4 is 5.32 Å². The second-order valence-corrected chi connectivity index (χ2v) is 10.5. The normalized spacial score (nSPS) is 15.4. The highest BCUT2D eigenvalue weighted by Gasteiger charge is 2.73. The summed E-state index contributed by atoms with van der Waals surface area (Å²) in [5.41, 5.74) is -8.36. The van der Waals surface area contributed by atoms with E-state index >= 15 is 0 Å². The molecule has 0 atom stereocenters. The van der Waals surface area contributed by atoms with Gasteiger partial charge in [0.2, 0.25) is 0 Å². The summed E-state index contributed by atoms with van der Waals surface area (Å²) < 4.78 is 94.2. The fourth-order valence-corrected chi connectivity index (χ4v) is 5.29. The summed E-state index contributed by atoms with van der Waals surface area (Å²) in [5, 5.41) is 14.2. The maximum Gasteiger partial charge on any atom is 0.435 e. The molecule has 1 aliphatic carbocycles. The third-order valence-electron chi connectivity index (χ3n) is 5.54. The number of hydrogen-bond donors (Lipinski definition) is 1. The second-order valence-electron chi connectivity index (χ2n) is 8.06. The van der Waals surface area contributed by atoms with Gasteiger partial charge in [0.1, 0.15) is 15.6 Å². The van der Waals surface area contributed by atoms with Gasteiger partial charge in [0, 0.05) is 22.2 Å². The van der Waals surface area contributed by atoms with E-state index in [1.807, 2.05) is 6.07 Å². The first-order chi connectivity index (χ1) is 17.0. The quantitative estimate of drug-likeness (QED) is 0.304. The Hall–Kier alpha value is -2.53. The van der Waals surface area contributed by atoms with Crippen LogP contribution in [0.2, 0.25) is 14.4 Å². The van der Waals surface area contributed by atoms with Gasteiger partial charge in [0.25, 0.3) is 5.91 Å². The topological polar surface area (TPSA) is 70.7 Å².